The number of allylic oxidation sites excluding steroid dienone is 1. The molecule has 1 heterocycles. The third kappa shape index (κ3) is 4.86. The average molecular weight is 439 g/mol. The Labute approximate surface area is 190 Å². The second-order valence-electron chi connectivity index (χ2n) is 7.48. The number of ether oxygens (including phenoxy) is 2. The third-order valence-corrected chi connectivity index (χ3v) is 5.08. The number of hydrogen-bond donors (Lipinski definition) is 2. The summed E-state index contributed by atoms with van der Waals surface area (Å²) in [5.74, 6) is 0.512. The summed E-state index contributed by atoms with van der Waals surface area (Å²) >= 11 is 0. The molecule has 0 unspecified atom stereocenters. The van der Waals surface area contributed by atoms with Crippen LogP contribution in [0.3, 0.4) is 0 Å². The number of H-pyrrole nitrogens is 1. The van der Waals surface area contributed by atoms with Crippen molar-refractivity contribution in [1.29, 1.82) is 5.26 Å². The van der Waals surface area contributed by atoms with Crippen LogP contribution in [0, 0.1) is 18.3 Å². The van der Waals surface area contributed by atoms with Crippen molar-refractivity contribution in [3.05, 3.63) is 88.7 Å². The van der Waals surface area contributed by atoms with E-state index < -0.39 is 5.97 Å². The van der Waals surface area contributed by atoms with E-state index in [0.29, 0.717) is 22.9 Å². The van der Waals surface area contributed by atoms with Crippen LogP contribution in [0.25, 0.3) is 22.7 Å². The quantitative estimate of drug-likeness (QED) is 0.382. The predicted molar refractivity (Wildman–Crippen MR) is 125 cm³/mol. The van der Waals surface area contributed by atoms with Crippen molar-refractivity contribution in [2.24, 2.45) is 0 Å². The van der Waals surface area contributed by atoms with Gasteiger partial charge in [0.25, 0.3) is 0 Å². The topological polar surface area (TPSA) is 108 Å². The van der Waals surface area contributed by atoms with E-state index in [1.165, 1.54) is 13.2 Å². The lowest BCUT2D eigenvalue weighted by atomic mass is 10.1. The molecule has 33 heavy (non-hydrogen) atoms. The largest absolute Gasteiger partial charge is 0.493 e. The molecule has 0 fully saturated rings. The number of methoxy groups -OCH3 is 1. The summed E-state index contributed by atoms with van der Waals surface area (Å²) in [5, 5.41) is 18.8. The Balaban J connectivity index is 1.57. The van der Waals surface area contributed by atoms with Crippen molar-refractivity contribution in [2.75, 3.05) is 7.11 Å². The van der Waals surface area contributed by atoms with E-state index in [9.17, 15) is 10.1 Å². The number of hydrogen-bond acceptors (Lipinski definition) is 5. The van der Waals surface area contributed by atoms with Gasteiger partial charge in [0.15, 0.2) is 11.5 Å². The Bertz CT molecular complexity index is 1410. The molecule has 0 spiro atoms. The van der Waals surface area contributed by atoms with E-state index in [2.05, 4.69) is 16.0 Å². The first-order valence-electron chi connectivity index (χ1n) is 10.2. The number of carbonyl (C=O) groups is 1. The fourth-order valence-electron chi connectivity index (χ4n) is 3.42. The summed E-state index contributed by atoms with van der Waals surface area (Å²) in [6, 6.07) is 20.0. The highest BCUT2D eigenvalue weighted by atomic mass is 16.5. The second kappa shape index (κ2) is 9.28. The number of aryl methyl sites for hydroxylation is 1. The first-order chi connectivity index (χ1) is 16.0. The van der Waals surface area contributed by atoms with Gasteiger partial charge < -0.3 is 19.6 Å². The maximum atomic E-state index is 11.2. The normalized spacial score (nSPS) is 11.2. The Morgan fingerprint density at radius 1 is 1.15 bits per heavy atom. The SMILES string of the molecule is COc1cc(C=C(C#N)c2nc3ccc(C)cc3[nH]2)ccc1OCc1cccc(C(=O)O)c1. The number of rotatable bonds is 7. The summed E-state index contributed by atoms with van der Waals surface area (Å²) in [5.41, 5.74) is 4.85. The Kier molecular flexibility index (Phi) is 6.09. The first-order valence-corrected chi connectivity index (χ1v) is 10.2. The van der Waals surface area contributed by atoms with Gasteiger partial charge in [-0.25, -0.2) is 9.78 Å². The molecule has 0 amide bonds. The number of aromatic carboxylic acids is 1. The summed E-state index contributed by atoms with van der Waals surface area (Å²) in [4.78, 5) is 18.9. The molecule has 0 saturated heterocycles. The highest BCUT2D eigenvalue weighted by molar-refractivity contribution is 5.90. The number of nitrogens with one attached hydrogen (secondary N) is 1. The standard InChI is InChI=1S/C26H21N3O4/c1-16-6-8-21-22(10-16)29-25(28-21)20(14-27)11-17-7-9-23(24(13-17)32-2)33-15-18-4-3-5-19(12-18)26(30)31/h3-13H,15H2,1-2H3,(H,28,29)(H,30,31). The van der Waals surface area contributed by atoms with Gasteiger partial charge in [0.05, 0.1) is 29.3 Å². The minimum Gasteiger partial charge on any atom is -0.493 e. The van der Waals surface area contributed by atoms with Gasteiger partial charge in [0.2, 0.25) is 0 Å². The number of nitriles is 1. The zero-order valence-electron chi connectivity index (χ0n) is 18.1. The maximum Gasteiger partial charge on any atom is 0.335 e. The van der Waals surface area contributed by atoms with Crippen LogP contribution in [0.5, 0.6) is 11.5 Å². The summed E-state index contributed by atoms with van der Waals surface area (Å²) in [7, 11) is 1.54. The van der Waals surface area contributed by atoms with Crippen LogP contribution in [0.15, 0.2) is 60.7 Å². The molecule has 0 bridgehead atoms. The third-order valence-electron chi connectivity index (χ3n) is 5.08. The lowest BCUT2D eigenvalue weighted by Gasteiger charge is -2.12. The van der Waals surface area contributed by atoms with E-state index in [1.807, 2.05) is 31.2 Å². The van der Waals surface area contributed by atoms with Crippen LogP contribution in [0.2, 0.25) is 0 Å². The number of imidazole rings is 1. The van der Waals surface area contributed by atoms with E-state index in [1.54, 1.807) is 36.4 Å². The van der Waals surface area contributed by atoms with Crippen LogP contribution >= 0.6 is 0 Å². The zero-order chi connectivity index (χ0) is 23.4. The van der Waals surface area contributed by atoms with Crippen LogP contribution in [-0.4, -0.2) is 28.2 Å². The van der Waals surface area contributed by atoms with Crippen LogP contribution < -0.4 is 9.47 Å². The van der Waals surface area contributed by atoms with Gasteiger partial charge in [0, 0.05) is 0 Å². The monoisotopic (exact) mass is 439 g/mol. The molecule has 0 saturated carbocycles. The number of aromatic nitrogens is 2. The number of fused-ring (bicyclic) bond motifs is 1. The molecule has 0 aliphatic heterocycles. The number of nitrogens with zero attached hydrogens (tertiary/aromatic N) is 2. The lowest BCUT2D eigenvalue weighted by Crippen LogP contribution is -2.01. The highest BCUT2D eigenvalue weighted by Crippen LogP contribution is 2.30. The number of benzene rings is 3. The molecule has 4 rings (SSSR count). The van der Waals surface area contributed by atoms with Crippen LogP contribution in [-0.2, 0) is 6.61 Å². The fourth-order valence-corrected chi connectivity index (χ4v) is 3.42. The predicted octanol–water partition coefficient (Wildman–Crippen LogP) is 5.22. The number of aromatic amines is 1. The van der Waals surface area contributed by atoms with Gasteiger partial charge >= 0.3 is 5.97 Å². The van der Waals surface area contributed by atoms with Crippen LogP contribution in [0.1, 0.15) is 32.9 Å². The minimum atomic E-state index is -0.988. The van der Waals surface area contributed by atoms with Gasteiger partial charge in [-0.2, -0.15) is 5.26 Å². The van der Waals surface area contributed by atoms with E-state index >= 15 is 0 Å². The maximum absolute atomic E-state index is 11.2. The van der Waals surface area contributed by atoms with Gasteiger partial charge in [-0.3, -0.25) is 0 Å². The smallest absolute Gasteiger partial charge is 0.335 e. The number of carboxylic acids is 1. The minimum absolute atomic E-state index is 0.189. The van der Waals surface area contributed by atoms with Gasteiger partial charge in [-0.1, -0.05) is 24.3 Å². The molecule has 164 valence electrons. The van der Waals surface area contributed by atoms with E-state index in [0.717, 1.165) is 27.7 Å². The van der Waals surface area contributed by atoms with Gasteiger partial charge in [0.1, 0.15) is 18.5 Å². The molecule has 7 heteroatoms. The van der Waals surface area contributed by atoms with Crippen molar-refractivity contribution >= 4 is 28.7 Å². The van der Waals surface area contributed by atoms with Crippen molar-refractivity contribution in [3.63, 3.8) is 0 Å². The average Bonchev–Trinajstić information content (AvgIpc) is 3.24. The summed E-state index contributed by atoms with van der Waals surface area (Å²) in [6.45, 7) is 2.19. The molecule has 1 aromatic heterocycles. The molecule has 4 aromatic rings. The molecule has 7 nitrogen and oxygen atoms in total. The highest BCUT2D eigenvalue weighted by Gasteiger charge is 2.11. The Hall–Kier alpha value is -4.57. The summed E-state index contributed by atoms with van der Waals surface area (Å²) < 4.78 is 11.3. The Morgan fingerprint density at radius 3 is 2.76 bits per heavy atom. The van der Waals surface area contributed by atoms with Crippen molar-refractivity contribution in [3.8, 4) is 17.6 Å². The molecule has 0 atom stereocenters. The number of carboxylic acid groups (broad SMARTS) is 1. The summed E-state index contributed by atoms with van der Waals surface area (Å²) in [6.07, 6.45) is 1.73. The zero-order valence-corrected chi connectivity index (χ0v) is 18.1. The molecular formula is C26H21N3O4. The van der Waals surface area contributed by atoms with Gasteiger partial charge in [-0.15, -0.1) is 0 Å². The van der Waals surface area contributed by atoms with Gasteiger partial charge in [-0.05, 0) is 66.1 Å². The first kappa shape index (κ1) is 21.7. The molecular weight excluding hydrogens is 418 g/mol. The second-order valence-corrected chi connectivity index (χ2v) is 7.48. The molecule has 0 aliphatic carbocycles. The fraction of sp³-hybridized carbons (Fsp3) is 0.115. The molecule has 2 N–H and O–H groups in total. The van der Waals surface area contributed by atoms with Crippen molar-refractivity contribution in [1.82, 2.24) is 9.97 Å². The van der Waals surface area contributed by atoms with E-state index in [-0.39, 0.29) is 12.2 Å². The van der Waals surface area contributed by atoms with E-state index in [4.69, 9.17) is 14.6 Å². The molecule has 3 aromatic carbocycles. The molecule has 0 radical (unpaired) electrons. The van der Waals surface area contributed by atoms with Crippen molar-refractivity contribution < 1.29 is 19.4 Å². The Morgan fingerprint density at radius 2 is 2.00 bits per heavy atom. The van der Waals surface area contributed by atoms with Crippen molar-refractivity contribution in [2.45, 2.75) is 13.5 Å². The molecule has 0 aliphatic rings. The lowest BCUT2D eigenvalue weighted by molar-refractivity contribution is 0.0696. The van der Waals surface area contributed by atoms with Crippen LogP contribution in [0.4, 0.5) is 0 Å².